The average Bonchev–Trinajstić information content (AvgIpc) is 2.41. The zero-order chi connectivity index (χ0) is 12.5. The van der Waals surface area contributed by atoms with Gasteiger partial charge in [0, 0.05) is 6.04 Å². The quantitative estimate of drug-likeness (QED) is 0.886. The predicted molar refractivity (Wildman–Crippen MR) is 63.1 cm³/mol. The first kappa shape index (κ1) is 13.0. The van der Waals surface area contributed by atoms with Crippen LogP contribution >= 0.6 is 11.6 Å². The summed E-state index contributed by atoms with van der Waals surface area (Å²) in [5, 5.41) is 13.6. The Kier molecular flexibility index (Phi) is 3.97. The Morgan fingerprint density at radius 2 is 2.00 bits per heavy atom. The van der Waals surface area contributed by atoms with Crippen LogP contribution in [0.3, 0.4) is 0 Å². The normalized spacial score (nSPS) is 11.4. The molecular weight excluding hydrogens is 228 g/mol. The van der Waals surface area contributed by atoms with Crippen molar-refractivity contribution in [3.8, 4) is 0 Å². The molecule has 1 N–H and O–H groups in total. The second-order valence-electron chi connectivity index (χ2n) is 4.55. The van der Waals surface area contributed by atoms with Gasteiger partial charge < -0.3 is 5.11 Å². The third-order valence-electron chi connectivity index (χ3n) is 2.23. The standard InChI is InChI=1S/C11H17ClN2O2/c1-6(2)5-8-9(11(15)16)10(12)14(13-8)7(3)4/h6-7H,5H2,1-4H3,(H,15,16). The topological polar surface area (TPSA) is 55.1 Å². The van der Waals surface area contributed by atoms with E-state index >= 15 is 0 Å². The van der Waals surface area contributed by atoms with E-state index in [-0.39, 0.29) is 16.8 Å². The van der Waals surface area contributed by atoms with Crippen LogP contribution in [-0.2, 0) is 6.42 Å². The molecule has 4 nitrogen and oxygen atoms in total. The highest BCUT2D eigenvalue weighted by Crippen LogP contribution is 2.25. The molecule has 0 atom stereocenters. The van der Waals surface area contributed by atoms with Crippen LogP contribution in [-0.4, -0.2) is 20.9 Å². The van der Waals surface area contributed by atoms with Gasteiger partial charge in [0.1, 0.15) is 10.7 Å². The number of carbonyl (C=O) groups is 1. The van der Waals surface area contributed by atoms with Crippen LogP contribution in [0.25, 0.3) is 0 Å². The molecule has 90 valence electrons. The number of carboxylic acids is 1. The van der Waals surface area contributed by atoms with E-state index in [0.717, 1.165) is 0 Å². The summed E-state index contributed by atoms with van der Waals surface area (Å²) in [6.45, 7) is 7.88. The number of hydrogen-bond acceptors (Lipinski definition) is 2. The molecule has 0 radical (unpaired) electrons. The smallest absolute Gasteiger partial charge is 0.340 e. The number of hydrogen-bond donors (Lipinski definition) is 1. The highest BCUT2D eigenvalue weighted by molar-refractivity contribution is 6.32. The summed E-state index contributed by atoms with van der Waals surface area (Å²) in [6.07, 6.45) is 0.626. The molecule has 0 saturated heterocycles. The van der Waals surface area contributed by atoms with Crippen molar-refractivity contribution < 1.29 is 9.90 Å². The first-order chi connectivity index (χ1) is 7.34. The van der Waals surface area contributed by atoms with E-state index < -0.39 is 5.97 Å². The molecule has 0 aliphatic heterocycles. The van der Waals surface area contributed by atoms with E-state index in [1.165, 1.54) is 0 Å². The third-order valence-corrected chi connectivity index (χ3v) is 2.59. The second kappa shape index (κ2) is 4.87. The monoisotopic (exact) mass is 244 g/mol. The number of halogens is 1. The van der Waals surface area contributed by atoms with Crippen LogP contribution in [0.4, 0.5) is 0 Å². The van der Waals surface area contributed by atoms with E-state index in [0.29, 0.717) is 18.0 Å². The summed E-state index contributed by atoms with van der Waals surface area (Å²) in [5.74, 6) is -0.655. The summed E-state index contributed by atoms with van der Waals surface area (Å²) < 4.78 is 1.56. The average molecular weight is 245 g/mol. The van der Waals surface area contributed by atoms with Gasteiger partial charge in [-0.3, -0.25) is 4.68 Å². The van der Waals surface area contributed by atoms with Gasteiger partial charge in [0.25, 0.3) is 0 Å². The van der Waals surface area contributed by atoms with Gasteiger partial charge in [0.2, 0.25) is 0 Å². The highest BCUT2D eigenvalue weighted by atomic mass is 35.5. The van der Waals surface area contributed by atoms with Gasteiger partial charge in [-0.25, -0.2) is 4.79 Å². The van der Waals surface area contributed by atoms with E-state index in [1.807, 2.05) is 27.7 Å². The molecule has 0 bridgehead atoms. The van der Waals surface area contributed by atoms with Gasteiger partial charge in [0.05, 0.1) is 5.69 Å². The summed E-state index contributed by atoms with van der Waals surface area (Å²) in [7, 11) is 0. The Hall–Kier alpha value is -1.03. The minimum atomic E-state index is -1.01. The number of rotatable bonds is 4. The molecule has 5 heteroatoms. The molecule has 0 fully saturated rings. The maximum absolute atomic E-state index is 11.1. The molecule has 0 spiro atoms. The molecule has 0 aliphatic rings. The summed E-state index contributed by atoms with van der Waals surface area (Å²) in [4.78, 5) is 11.1. The van der Waals surface area contributed by atoms with Gasteiger partial charge in [-0.2, -0.15) is 5.10 Å². The highest BCUT2D eigenvalue weighted by Gasteiger charge is 2.23. The Morgan fingerprint density at radius 3 is 2.38 bits per heavy atom. The van der Waals surface area contributed by atoms with Crippen LogP contribution < -0.4 is 0 Å². The lowest BCUT2D eigenvalue weighted by Crippen LogP contribution is -2.04. The zero-order valence-electron chi connectivity index (χ0n) is 9.99. The van der Waals surface area contributed by atoms with Crippen LogP contribution in [0.15, 0.2) is 0 Å². The van der Waals surface area contributed by atoms with Crippen LogP contribution in [0, 0.1) is 5.92 Å². The van der Waals surface area contributed by atoms with Crippen LogP contribution in [0.5, 0.6) is 0 Å². The first-order valence-corrected chi connectivity index (χ1v) is 5.72. The number of carboxylic acid groups (broad SMARTS) is 1. The van der Waals surface area contributed by atoms with Gasteiger partial charge in [-0.05, 0) is 26.2 Å². The largest absolute Gasteiger partial charge is 0.478 e. The summed E-state index contributed by atoms with van der Waals surface area (Å²) in [5.41, 5.74) is 0.713. The number of aromatic carboxylic acids is 1. The minimum absolute atomic E-state index is 0.0616. The lowest BCUT2D eigenvalue weighted by molar-refractivity contribution is 0.0695. The van der Waals surface area contributed by atoms with Crippen molar-refractivity contribution in [2.24, 2.45) is 5.92 Å². The molecule has 1 aromatic heterocycles. The molecule has 0 aromatic carbocycles. The Labute approximate surface area is 100 Å². The van der Waals surface area contributed by atoms with Gasteiger partial charge in [-0.1, -0.05) is 25.4 Å². The lowest BCUT2D eigenvalue weighted by atomic mass is 10.1. The molecular formula is C11H17ClN2O2. The minimum Gasteiger partial charge on any atom is -0.478 e. The SMILES string of the molecule is CC(C)Cc1nn(C(C)C)c(Cl)c1C(=O)O. The fourth-order valence-corrected chi connectivity index (χ4v) is 1.96. The van der Waals surface area contributed by atoms with Crippen molar-refractivity contribution in [1.82, 2.24) is 9.78 Å². The molecule has 1 rings (SSSR count). The predicted octanol–water partition coefficient (Wildman–Crippen LogP) is 3.01. The number of aromatic nitrogens is 2. The van der Waals surface area contributed by atoms with Crippen molar-refractivity contribution in [2.75, 3.05) is 0 Å². The van der Waals surface area contributed by atoms with Crippen LogP contribution in [0.1, 0.15) is 49.8 Å². The van der Waals surface area contributed by atoms with E-state index in [1.54, 1.807) is 4.68 Å². The van der Waals surface area contributed by atoms with E-state index in [9.17, 15) is 4.79 Å². The van der Waals surface area contributed by atoms with E-state index in [4.69, 9.17) is 16.7 Å². The van der Waals surface area contributed by atoms with Crippen molar-refractivity contribution in [1.29, 1.82) is 0 Å². The molecule has 16 heavy (non-hydrogen) atoms. The Morgan fingerprint density at radius 1 is 1.44 bits per heavy atom. The number of nitrogens with zero attached hydrogens (tertiary/aromatic N) is 2. The van der Waals surface area contributed by atoms with E-state index in [2.05, 4.69) is 5.10 Å². The molecule has 0 unspecified atom stereocenters. The van der Waals surface area contributed by atoms with Crippen molar-refractivity contribution in [3.63, 3.8) is 0 Å². The maximum Gasteiger partial charge on any atom is 0.340 e. The first-order valence-electron chi connectivity index (χ1n) is 5.34. The fourth-order valence-electron chi connectivity index (χ4n) is 1.54. The van der Waals surface area contributed by atoms with Crippen molar-refractivity contribution >= 4 is 17.6 Å². The van der Waals surface area contributed by atoms with Gasteiger partial charge >= 0.3 is 5.97 Å². The van der Waals surface area contributed by atoms with Gasteiger partial charge in [-0.15, -0.1) is 0 Å². The van der Waals surface area contributed by atoms with Crippen molar-refractivity contribution in [2.45, 2.75) is 40.2 Å². The van der Waals surface area contributed by atoms with Crippen molar-refractivity contribution in [3.05, 3.63) is 16.4 Å². The molecule has 0 amide bonds. The zero-order valence-corrected chi connectivity index (χ0v) is 10.7. The third kappa shape index (κ3) is 2.55. The summed E-state index contributed by atoms with van der Waals surface area (Å²) in [6, 6.07) is 0.0616. The molecule has 1 heterocycles. The Bertz CT molecular complexity index is 397. The van der Waals surface area contributed by atoms with Crippen LogP contribution in [0.2, 0.25) is 5.15 Å². The maximum atomic E-state index is 11.1. The second-order valence-corrected chi connectivity index (χ2v) is 4.91. The van der Waals surface area contributed by atoms with Gasteiger partial charge in [0.15, 0.2) is 0 Å². The fraction of sp³-hybridized carbons (Fsp3) is 0.636. The molecule has 0 saturated carbocycles. The molecule has 1 aromatic rings. The summed E-state index contributed by atoms with van der Waals surface area (Å²) >= 11 is 6.02. The molecule has 0 aliphatic carbocycles. The Balaban J connectivity index is 3.25. The lowest BCUT2D eigenvalue weighted by Gasteiger charge is -2.05.